The molecule has 1 fully saturated rings. The maximum atomic E-state index is 12.9. The number of benzene rings is 2. The molecule has 3 rings (SSSR count). The third-order valence-electron chi connectivity index (χ3n) is 4.59. The Bertz CT molecular complexity index is 949. The maximum Gasteiger partial charge on any atom is 0.387 e. The third kappa shape index (κ3) is 4.78. The normalized spacial score (nSPS) is 18.1. The number of alkyl halides is 2. The van der Waals surface area contributed by atoms with E-state index < -0.39 is 16.4 Å². The number of ether oxygens (including phenoxy) is 1. The van der Waals surface area contributed by atoms with E-state index in [9.17, 15) is 22.0 Å². The van der Waals surface area contributed by atoms with Crippen molar-refractivity contribution >= 4 is 27.1 Å². The molecule has 0 spiro atoms. The van der Waals surface area contributed by atoms with Crippen LogP contribution in [-0.4, -0.2) is 50.4 Å². The van der Waals surface area contributed by atoms with E-state index in [1.54, 1.807) is 43.4 Å². The molecule has 1 aliphatic heterocycles. The number of nitrogens with zero attached hydrogens (tertiary/aromatic N) is 1. The summed E-state index contributed by atoms with van der Waals surface area (Å²) < 4.78 is 52.2. The summed E-state index contributed by atoms with van der Waals surface area (Å²) in [4.78, 5) is 14.4. The van der Waals surface area contributed by atoms with E-state index in [4.69, 9.17) is 0 Å². The molecular weight excluding hydrogens is 390 g/mol. The van der Waals surface area contributed by atoms with Gasteiger partial charge in [-0.05, 0) is 42.8 Å². The first kappa shape index (κ1) is 20.1. The number of sulfone groups is 1. The number of nitrogens with one attached hydrogen (secondary N) is 1. The Morgan fingerprint density at radius 2 is 1.86 bits per heavy atom. The summed E-state index contributed by atoms with van der Waals surface area (Å²) >= 11 is 0. The SMILES string of the molecule is CN(C(=O)c1ccccc1Nc1ccc(OC(F)F)cc1)C1CCS(=O)(=O)C1. The van der Waals surface area contributed by atoms with Crippen LogP contribution in [0, 0.1) is 0 Å². The summed E-state index contributed by atoms with van der Waals surface area (Å²) in [6.45, 7) is -2.90. The first-order valence-corrected chi connectivity index (χ1v) is 10.5. The van der Waals surface area contributed by atoms with E-state index in [0.29, 0.717) is 23.4 Å². The van der Waals surface area contributed by atoms with Crippen molar-refractivity contribution in [3.63, 3.8) is 0 Å². The minimum Gasteiger partial charge on any atom is -0.435 e. The van der Waals surface area contributed by atoms with E-state index >= 15 is 0 Å². The molecule has 1 atom stereocenters. The van der Waals surface area contributed by atoms with Gasteiger partial charge in [0.1, 0.15) is 5.75 Å². The van der Waals surface area contributed by atoms with Gasteiger partial charge in [-0.3, -0.25) is 4.79 Å². The number of rotatable bonds is 6. The number of anilines is 2. The standard InChI is InChI=1S/C19H20F2N2O4S/c1-23(14-10-11-28(25,26)12-14)18(24)16-4-2-3-5-17(16)22-13-6-8-15(9-7-13)27-19(20)21/h2-9,14,19,22H,10-12H2,1H3. The molecule has 1 N–H and O–H groups in total. The Balaban J connectivity index is 1.76. The van der Waals surface area contributed by atoms with Gasteiger partial charge in [-0.15, -0.1) is 0 Å². The molecule has 1 heterocycles. The lowest BCUT2D eigenvalue weighted by atomic mass is 10.1. The summed E-state index contributed by atoms with van der Waals surface area (Å²) in [5.74, 6) is -0.200. The fourth-order valence-corrected chi connectivity index (χ4v) is 4.86. The van der Waals surface area contributed by atoms with Crippen molar-refractivity contribution in [2.24, 2.45) is 0 Å². The quantitative estimate of drug-likeness (QED) is 0.791. The lowest BCUT2D eigenvalue weighted by Crippen LogP contribution is -2.38. The predicted molar refractivity (Wildman–Crippen MR) is 102 cm³/mol. The van der Waals surface area contributed by atoms with Crippen LogP contribution in [0.1, 0.15) is 16.8 Å². The molecule has 1 saturated heterocycles. The highest BCUT2D eigenvalue weighted by molar-refractivity contribution is 7.91. The number of hydrogen-bond donors (Lipinski definition) is 1. The minimum atomic E-state index is -3.10. The highest BCUT2D eigenvalue weighted by atomic mass is 32.2. The topological polar surface area (TPSA) is 75.7 Å². The first-order valence-electron chi connectivity index (χ1n) is 8.64. The Hall–Kier alpha value is -2.68. The van der Waals surface area contributed by atoms with Gasteiger partial charge >= 0.3 is 6.61 Å². The number of halogens is 2. The Morgan fingerprint density at radius 1 is 1.18 bits per heavy atom. The van der Waals surface area contributed by atoms with Gasteiger partial charge in [0, 0.05) is 18.8 Å². The Labute approximate surface area is 162 Å². The van der Waals surface area contributed by atoms with Gasteiger partial charge in [0.25, 0.3) is 5.91 Å². The molecule has 2 aromatic carbocycles. The van der Waals surface area contributed by atoms with Crippen LogP contribution < -0.4 is 10.1 Å². The molecule has 1 unspecified atom stereocenters. The summed E-state index contributed by atoms with van der Waals surface area (Å²) in [5, 5.41) is 3.09. The van der Waals surface area contributed by atoms with Crippen molar-refractivity contribution in [2.45, 2.75) is 19.1 Å². The molecule has 0 bridgehead atoms. The third-order valence-corrected chi connectivity index (χ3v) is 6.34. The fourth-order valence-electron chi connectivity index (χ4n) is 3.09. The van der Waals surface area contributed by atoms with Gasteiger partial charge in [-0.25, -0.2) is 8.42 Å². The van der Waals surface area contributed by atoms with Crippen LogP contribution in [0.15, 0.2) is 48.5 Å². The molecule has 28 heavy (non-hydrogen) atoms. The molecule has 9 heteroatoms. The van der Waals surface area contributed by atoms with E-state index in [2.05, 4.69) is 10.1 Å². The lowest BCUT2D eigenvalue weighted by Gasteiger charge is -2.24. The van der Waals surface area contributed by atoms with Crippen LogP contribution in [0.5, 0.6) is 5.75 Å². The molecule has 0 radical (unpaired) electrons. The Morgan fingerprint density at radius 3 is 2.46 bits per heavy atom. The molecule has 2 aromatic rings. The molecule has 1 amide bonds. The second-order valence-electron chi connectivity index (χ2n) is 6.55. The molecule has 0 aliphatic carbocycles. The maximum absolute atomic E-state index is 12.9. The fraction of sp³-hybridized carbons (Fsp3) is 0.316. The number of para-hydroxylation sites is 1. The zero-order valence-corrected chi connectivity index (χ0v) is 16.0. The average Bonchev–Trinajstić information content (AvgIpc) is 3.02. The zero-order valence-electron chi connectivity index (χ0n) is 15.1. The summed E-state index contributed by atoms with van der Waals surface area (Å²) in [6, 6.07) is 12.4. The average molecular weight is 410 g/mol. The predicted octanol–water partition coefficient (Wildman–Crippen LogP) is 3.29. The zero-order chi connectivity index (χ0) is 20.3. The largest absolute Gasteiger partial charge is 0.435 e. The summed E-state index contributed by atoms with van der Waals surface area (Å²) in [5.41, 5.74) is 1.51. The van der Waals surface area contributed by atoms with Gasteiger partial charge in [-0.2, -0.15) is 8.78 Å². The van der Waals surface area contributed by atoms with Crippen LogP contribution in [0.2, 0.25) is 0 Å². The van der Waals surface area contributed by atoms with Crippen LogP contribution in [0.25, 0.3) is 0 Å². The van der Waals surface area contributed by atoms with Crippen molar-refractivity contribution in [3.8, 4) is 5.75 Å². The van der Waals surface area contributed by atoms with Gasteiger partial charge < -0.3 is 15.0 Å². The monoisotopic (exact) mass is 410 g/mol. The van der Waals surface area contributed by atoms with Gasteiger partial charge in [0.15, 0.2) is 9.84 Å². The van der Waals surface area contributed by atoms with Gasteiger partial charge in [-0.1, -0.05) is 12.1 Å². The number of carbonyl (C=O) groups is 1. The van der Waals surface area contributed by atoms with Crippen LogP contribution in [0.4, 0.5) is 20.2 Å². The minimum absolute atomic E-state index is 0.0313. The molecule has 0 saturated carbocycles. The van der Waals surface area contributed by atoms with E-state index in [0.717, 1.165) is 0 Å². The Kier molecular flexibility index (Phi) is 5.83. The van der Waals surface area contributed by atoms with Crippen molar-refractivity contribution in [2.75, 3.05) is 23.9 Å². The van der Waals surface area contributed by atoms with E-state index in [-0.39, 0.29) is 29.2 Å². The smallest absolute Gasteiger partial charge is 0.387 e. The van der Waals surface area contributed by atoms with Crippen molar-refractivity contribution in [3.05, 3.63) is 54.1 Å². The lowest BCUT2D eigenvalue weighted by molar-refractivity contribution is -0.0498. The van der Waals surface area contributed by atoms with Crippen molar-refractivity contribution in [1.29, 1.82) is 0 Å². The van der Waals surface area contributed by atoms with Gasteiger partial charge in [0.2, 0.25) is 0 Å². The van der Waals surface area contributed by atoms with Gasteiger partial charge in [0.05, 0.1) is 22.8 Å². The van der Waals surface area contributed by atoms with Crippen LogP contribution in [-0.2, 0) is 9.84 Å². The second kappa shape index (κ2) is 8.14. The molecule has 0 aromatic heterocycles. The van der Waals surface area contributed by atoms with E-state index in [1.807, 2.05) is 0 Å². The van der Waals surface area contributed by atoms with Crippen LogP contribution in [0.3, 0.4) is 0 Å². The summed E-state index contributed by atoms with van der Waals surface area (Å²) in [6.07, 6.45) is 0.422. The number of carbonyl (C=O) groups excluding carboxylic acids is 1. The second-order valence-corrected chi connectivity index (χ2v) is 8.78. The van der Waals surface area contributed by atoms with E-state index in [1.165, 1.54) is 17.0 Å². The molecule has 6 nitrogen and oxygen atoms in total. The highest BCUT2D eigenvalue weighted by Crippen LogP contribution is 2.26. The highest BCUT2D eigenvalue weighted by Gasteiger charge is 2.33. The van der Waals surface area contributed by atoms with Crippen LogP contribution >= 0.6 is 0 Å². The summed E-state index contributed by atoms with van der Waals surface area (Å²) in [7, 11) is -1.50. The van der Waals surface area contributed by atoms with Crippen molar-refractivity contribution in [1.82, 2.24) is 4.90 Å². The first-order chi connectivity index (χ1) is 13.2. The molecule has 150 valence electrons. The number of hydrogen-bond acceptors (Lipinski definition) is 5. The molecule has 1 aliphatic rings. The number of amides is 1. The van der Waals surface area contributed by atoms with Crippen molar-refractivity contribution < 1.29 is 26.7 Å². The molecular formula is C19H20F2N2O4S.